The number of fused-ring (bicyclic) bond motifs is 1. The van der Waals surface area contributed by atoms with Gasteiger partial charge in [-0.2, -0.15) is 0 Å². The molecule has 31 heavy (non-hydrogen) atoms. The SMILES string of the molecule is CCCOc1ccc2cc(C(=O)Nc3ccc(NC(=O)C(C)C)c(C)c3)c(=O)oc2c1. The number of rotatable bonds is 7. The van der Waals surface area contributed by atoms with Gasteiger partial charge in [0.1, 0.15) is 16.9 Å². The van der Waals surface area contributed by atoms with Gasteiger partial charge < -0.3 is 19.8 Å². The van der Waals surface area contributed by atoms with Crippen molar-refractivity contribution in [2.75, 3.05) is 17.2 Å². The fraction of sp³-hybridized carbons (Fsp3) is 0.292. The highest BCUT2D eigenvalue weighted by molar-refractivity contribution is 6.05. The maximum Gasteiger partial charge on any atom is 0.349 e. The van der Waals surface area contributed by atoms with Crippen molar-refractivity contribution in [3.63, 3.8) is 0 Å². The topological polar surface area (TPSA) is 97.6 Å². The molecule has 2 N–H and O–H groups in total. The lowest BCUT2D eigenvalue weighted by molar-refractivity contribution is -0.118. The van der Waals surface area contributed by atoms with Gasteiger partial charge in [-0.15, -0.1) is 0 Å². The summed E-state index contributed by atoms with van der Waals surface area (Å²) in [4.78, 5) is 37.0. The summed E-state index contributed by atoms with van der Waals surface area (Å²) >= 11 is 0. The quantitative estimate of drug-likeness (QED) is 0.536. The summed E-state index contributed by atoms with van der Waals surface area (Å²) in [6, 6.07) is 11.8. The van der Waals surface area contributed by atoms with E-state index in [1.165, 1.54) is 6.07 Å². The van der Waals surface area contributed by atoms with Gasteiger partial charge in [-0.05, 0) is 55.3 Å². The first-order valence-corrected chi connectivity index (χ1v) is 10.2. The number of amides is 2. The van der Waals surface area contributed by atoms with E-state index in [4.69, 9.17) is 9.15 Å². The lowest BCUT2D eigenvalue weighted by Gasteiger charge is -2.12. The Morgan fingerprint density at radius 2 is 1.84 bits per heavy atom. The van der Waals surface area contributed by atoms with E-state index < -0.39 is 11.5 Å². The second-order valence-corrected chi connectivity index (χ2v) is 7.62. The van der Waals surface area contributed by atoms with Crippen LogP contribution in [0.1, 0.15) is 43.1 Å². The Balaban J connectivity index is 1.79. The Bertz CT molecular complexity index is 1180. The number of ether oxygens (including phenoxy) is 1. The van der Waals surface area contributed by atoms with E-state index in [1.54, 1.807) is 36.4 Å². The molecule has 7 nitrogen and oxygen atoms in total. The lowest BCUT2D eigenvalue weighted by atomic mass is 10.1. The van der Waals surface area contributed by atoms with E-state index >= 15 is 0 Å². The van der Waals surface area contributed by atoms with Crippen molar-refractivity contribution >= 4 is 34.2 Å². The predicted octanol–water partition coefficient (Wildman–Crippen LogP) is 4.74. The zero-order chi connectivity index (χ0) is 22.5. The molecule has 1 aromatic heterocycles. The van der Waals surface area contributed by atoms with E-state index in [1.807, 2.05) is 27.7 Å². The highest BCUT2D eigenvalue weighted by Crippen LogP contribution is 2.23. The van der Waals surface area contributed by atoms with Gasteiger partial charge in [0.25, 0.3) is 5.91 Å². The molecule has 0 radical (unpaired) electrons. The van der Waals surface area contributed by atoms with Gasteiger partial charge in [0.2, 0.25) is 5.91 Å². The molecule has 0 aliphatic rings. The maximum atomic E-state index is 12.7. The van der Waals surface area contributed by atoms with Crippen molar-refractivity contribution in [1.29, 1.82) is 0 Å². The maximum absolute atomic E-state index is 12.7. The highest BCUT2D eigenvalue weighted by atomic mass is 16.5. The largest absolute Gasteiger partial charge is 0.493 e. The van der Waals surface area contributed by atoms with E-state index in [2.05, 4.69) is 10.6 Å². The molecule has 0 spiro atoms. The molecular weight excluding hydrogens is 396 g/mol. The van der Waals surface area contributed by atoms with Gasteiger partial charge in [0, 0.05) is 28.7 Å². The number of benzene rings is 2. The van der Waals surface area contributed by atoms with Gasteiger partial charge >= 0.3 is 5.63 Å². The van der Waals surface area contributed by atoms with Crippen LogP contribution in [-0.2, 0) is 4.79 Å². The Morgan fingerprint density at radius 1 is 1.06 bits per heavy atom. The average Bonchev–Trinajstić information content (AvgIpc) is 2.73. The van der Waals surface area contributed by atoms with Gasteiger partial charge in [0.15, 0.2) is 0 Å². The molecule has 0 aliphatic carbocycles. The standard InChI is InChI=1S/C24H26N2O5/c1-5-10-30-18-8-6-16-12-19(24(29)31-21(16)13-18)23(28)25-17-7-9-20(15(4)11-17)26-22(27)14(2)3/h6-9,11-14H,5,10H2,1-4H3,(H,25,28)(H,26,27). The zero-order valence-electron chi connectivity index (χ0n) is 18.1. The molecule has 3 rings (SSSR count). The van der Waals surface area contributed by atoms with E-state index in [0.717, 1.165) is 12.0 Å². The van der Waals surface area contributed by atoms with Crippen LogP contribution in [0.3, 0.4) is 0 Å². The molecule has 0 aliphatic heterocycles. The zero-order valence-corrected chi connectivity index (χ0v) is 18.1. The van der Waals surface area contributed by atoms with Gasteiger partial charge in [-0.3, -0.25) is 9.59 Å². The predicted molar refractivity (Wildman–Crippen MR) is 121 cm³/mol. The van der Waals surface area contributed by atoms with Crippen molar-refractivity contribution in [1.82, 2.24) is 0 Å². The van der Waals surface area contributed by atoms with E-state index in [-0.39, 0.29) is 17.4 Å². The number of hydrogen-bond donors (Lipinski definition) is 2. The lowest BCUT2D eigenvalue weighted by Crippen LogP contribution is -2.21. The molecule has 0 saturated heterocycles. The van der Waals surface area contributed by atoms with Crippen LogP contribution in [0, 0.1) is 12.8 Å². The summed E-state index contributed by atoms with van der Waals surface area (Å²) in [5, 5.41) is 6.17. The summed E-state index contributed by atoms with van der Waals surface area (Å²) in [5.41, 5.74) is 1.50. The van der Waals surface area contributed by atoms with Gasteiger partial charge in [0.05, 0.1) is 6.61 Å². The highest BCUT2D eigenvalue weighted by Gasteiger charge is 2.15. The summed E-state index contributed by atoms with van der Waals surface area (Å²) in [6.07, 6.45) is 0.867. The van der Waals surface area contributed by atoms with Crippen LogP contribution in [0.2, 0.25) is 0 Å². The minimum Gasteiger partial charge on any atom is -0.493 e. The van der Waals surface area contributed by atoms with Crippen LogP contribution in [0.4, 0.5) is 11.4 Å². The third-order valence-corrected chi connectivity index (χ3v) is 4.69. The molecule has 2 aromatic carbocycles. The fourth-order valence-electron chi connectivity index (χ4n) is 2.92. The van der Waals surface area contributed by atoms with Crippen LogP contribution in [0.5, 0.6) is 5.75 Å². The second-order valence-electron chi connectivity index (χ2n) is 7.62. The molecule has 162 valence electrons. The Labute approximate surface area is 180 Å². The summed E-state index contributed by atoms with van der Waals surface area (Å²) in [7, 11) is 0. The Kier molecular flexibility index (Phi) is 6.74. The Morgan fingerprint density at radius 3 is 2.52 bits per heavy atom. The molecule has 0 bridgehead atoms. The molecule has 2 amide bonds. The third kappa shape index (κ3) is 5.31. The molecule has 0 fully saturated rings. The molecular formula is C24H26N2O5. The van der Waals surface area contributed by atoms with Crippen molar-refractivity contribution in [2.45, 2.75) is 34.1 Å². The van der Waals surface area contributed by atoms with Gasteiger partial charge in [-0.25, -0.2) is 4.79 Å². The summed E-state index contributed by atoms with van der Waals surface area (Å²) < 4.78 is 10.9. The summed E-state index contributed by atoms with van der Waals surface area (Å²) in [5.74, 6) is -0.188. The van der Waals surface area contributed by atoms with Crippen molar-refractivity contribution in [3.8, 4) is 5.75 Å². The van der Waals surface area contributed by atoms with Gasteiger partial charge in [-0.1, -0.05) is 20.8 Å². The molecule has 0 atom stereocenters. The number of nitrogens with one attached hydrogen (secondary N) is 2. The number of hydrogen-bond acceptors (Lipinski definition) is 5. The first kappa shape index (κ1) is 22.1. The van der Waals surface area contributed by atoms with Crippen LogP contribution < -0.4 is 21.0 Å². The first-order valence-electron chi connectivity index (χ1n) is 10.2. The number of anilines is 2. The second kappa shape index (κ2) is 9.47. The monoisotopic (exact) mass is 422 g/mol. The van der Waals surface area contributed by atoms with Crippen LogP contribution in [0.15, 0.2) is 51.7 Å². The van der Waals surface area contributed by atoms with Crippen molar-refractivity contribution in [2.24, 2.45) is 5.92 Å². The van der Waals surface area contributed by atoms with Crippen LogP contribution in [-0.4, -0.2) is 18.4 Å². The normalized spacial score (nSPS) is 10.9. The van der Waals surface area contributed by atoms with E-state index in [9.17, 15) is 14.4 Å². The minimum absolute atomic E-state index is 0.0862. The third-order valence-electron chi connectivity index (χ3n) is 4.69. The van der Waals surface area contributed by atoms with E-state index in [0.29, 0.717) is 34.7 Å². The van der Waals surface area contributed by atoms with Crippen molar-refractivity contribution < 1.29 is 18.7 Å². The number of carbonyl (C=O) groups excluding carboxylic acids is 2. The van der Waals surface area contributed by atoms with Crippen LogP contribution >= 0.6 is 0 Å². The summed E-state index contributed by atoms with van der Waals surface area (Å²) in [6.45, 7) is 8.02. The smallest absolute Gasteiger partial charge is 0.349 e. The molecule has 0 unspecified atom stereocenters. The molecule has 1 heterocycles. The van der Waals surface area contributed by atoms with Crippen LogP contribution in [0.25, 0.3) is 11.0 Å². The Hall–Kier alpha value is -3.61. The number of aryl methyl sites for hydroxylation is 1. The minimum atomic E-state index is -0.727. The molecule has 7 heteroatoms. The first-order chi connectivity index (χ1) is 14.8. The molecule has 3 aromatic rings. The van der Waals surface area contributed by atoms with Crippen molar-refractivity contribution in [3.05, 3.63) is 64.0 Å². The average molecular weight is 422 g/mol. The molecule has 0 saturated carbocycles. The number of carbonyl (C=O) groups is 2. The fourth-order valence-corrected chi connectivity index (χ4v) is 2.92.